The topological polar surface area (TPSA) is 42.7 Å². The fraction of sp³-hybridized carbons (Fsp3) is 0.615. The van der Waals surface area contributed by atoms with Crippen molar-refractivity contribution in [3.05, 3.63) is 24.2 Å². The lowest BCUT2D eigenvalue weighted by Gasteiger charge is -2.15. The maximum atomic E-state index is 12.0. The Bertz CT molecular complexity index is 383. The van der Waals surface area contributed by atoms with Crippen LogP contribution in [0.1, 0.15) is 29.6 Å². The van der Waals surface area contributed by atoms with Crippen LogP contribution in [0, 0.1) is 5.92 Å². The van der Waals surface area contributed by atoms with E-state index in [1.807, 2.05) is 4.90 Å². The molecule has 1 atom stereocenters. The van der Waals surface area contributed by atoms with Crippen LogP contribution >= 0.6 is 0 Å². The first kappa shape index (κ1) is 10.8. The van der Waals surface area contributed by atoms with Crippen molar-refractivity contribution in [2.75, 3.05) is 19.7 Å². The molecule has 1 aromatic rings. The van der Waals surface area contributed by atoms with Gasteiger partial charge in [0.05, 0.1) is 17.9 Å². The molecule has 17 heavy (non-hydrogen) atoms. The maximum Gasteiger partial charge on any atom is 0.257 e. The van der Waals surface area contributed by atoms with Gasteiger partial charge in [-0.15, -0.1) is 0 Å². The number of carbonyl (C=O) groups is 1. The highest BCUT2D eigenvalue weighted by atomic mass is 16.5. The summed E-state index contributed by atoms with van der Waals surface area (Å²) in [5.41, 5.74) is 0.632. The second-order valence-electron chi connectivity index (χ2n) is 4.95. The molecular weight excluding hydrogens is 218 g/mol. The molecule has 1 aliphatic heterocycles. The van der Waals surface area contributed by atoms with E-state index >= 15 is 0 Å². The van der Waals surface area contributed by atoms with E-state index in [0.29, 0.717) is 5.56 Å². The van der Waals surface area contributed by atoms with Crippen LogP contribution in [0.25, 0.3) is 0 Å². The Kier molecular flexibility index (Phi) is 2.89. The normalized spacial score (nSPS) is 24.2. The van der Waals surface area contributed by atoms with Crippen molar-refractivity contribution in [2.24, 2.45) is 5.92 Å². The van der Waals surface area contributed by atoms with Crippen LogP contribution < -0.4 is 0 Å². The molecule has 0 bridgehead atoms. The Morgan fingerprint density at radius 2 is 2.35 bits per heavy atom. The second kappa shape index (κ2) is 4.53. The molecule has 4 heteroatoms. The van der Waals surface area contributed by atoms with E-state index < -0.39 is 0 Å². The quantitative estimate of drug-likeness (QED) is 0.800. The summed E-state index contributed by atoms with van der Waals surface area (Å²) in [6.45, 7) is 2.38. The minimum atomic E-state index is 0.0521. The number of furan rings is 1. The Labute approximate surface area is 101 Å². The van der Waals surface area contributed by atoms with Gasteiger partial charge in [0, 0.05) is 19.7 Å². The number of hydrogen-bond donors (Lipinski definition) is 0. The molecule has 1 unspecified atom stereocenters. The van der Waals surface area contributed by atoms with E-state index in [0.717, 1.165) is 32.0 Å². The summed E-state index contributed by atoms with van der Waals surface area (Å²) < 4.78 is 10.7. The van der Waals surface area contributed by atoms with E-state index in [2.05, 4.69) is 0 Å². The minimum Gasteiger partial charge on any atom is -0.472 e. The molecule has 3 rings (SSSR count). The smallest absolute Gasteiger partial charge is 0.257 e. The largest absolute Gasteiger partial charge is 0.472 e. The summed E-state index contributed by atoms with van der Waals surface area (Å²) in [5, 5.41) is 0. The number of likely N-dealkylation sites (tertiary alicyclic amines) is 1. The first-order chi connectivity index (χ1) is 8.33. The number of carbonyl (C=O) groups excluding carboxylic acids is 1. The summed E-state index contributed by atoms with van der Waals surface area (Å²) in [6, 6.07) is 1.71. The fourth-order valence-electron chi connectivity index (χ4n) is 2.17. The van der Waals surface area contributed by atoms with Crippen molar-refractivity contribution < 1.29 is 13.9 Å². The number of ether oxygens (including phenoxy) is 1. The number of amides is 1. The number of hydrogen-bond acceptors (Lipinski definition) is 3. The lowest BCUT2D eigenvalue weighted by Crippen LogP contribution is -2.30. The summed E-state index contributed by atoms with van der Waals surface area (Å²) in [7, 11) is 0. The molecule has 1 saturated carbocycles. The Hall–Kier alpha value is -1.29. The van der Waals surface area contributed by atoms with E-state index in [1.54, 1.807) is 6.07 Å². The molecule has 1 aliphatic carbocycles. The highest BCUT2D eigenvalue weighted by Crippen LogP contribution is 2.30. The van der Waals surface area contributed by atoms with Crippen LogP contribution in [0.2, 0.25) is 0 Å². The van der Waals surface area contributed by atoms with Gasteiger partial charge >= 0.3 is 0 Å². The summed E-state index contributed by atoms with van der Waals surface area (Å²) >= 11 is 0. The molecule has 0 aromatic carbocycles. The molecule has 2 aliphatic rings. The average Bonchev–Trinajstić information content (AvgIpc) is 2.86. The monoisotopic (exact) mass is 235 g/mol. The SMILES string of the molecule is O=C(c1ccoc1)N1CCC(OCC2CC2)C1. The van der Waals surface area contributed by atoms with Crippen LogP contribution in [-0.2, 0) is 4.74 Å². The average molecular weight is 235 g/mol. The van der Waals surface area contributed by atoms with Gasteiger partial charge in [-0.05, 0) is 31.2 Å². The maximum absolute atomic E-state index is 12.0. The van der Waals surface area contributed by atoms with Crippen molar-refractivity contribution in [3.8, 4) is 0 Å². The molecular formula is C13H17NO3. The number of nitrogens with zero attached hydrogens (tertiary/aromatic N) is 1. The van der Waals surface area contributed by atoms with E-state index in [-0.39, 0.29) is 12.0 Å². The van der Waals surface area contributed by atoms with Crippen LogP contribution in [0.3, 0.4) is 0 Å². The van der Waals surface area contributed by atoms with E-state index in [4.69, 9.17) is 9.15 Å². The van der Waals surface area contributed by atoms with Gasteiger partial charge < -0.3 is 14.1 Å². The zero-order valence-electron chi connectivity index (χ0n) is 9.80. The van der Waals surface area contributed by atoms with Gasteiger partial charge in [0.25, 0.3) is 5.91 Å². The van der Waals surface area contributed by atoms with Gasteiger partial charge in [-0.1, -0.05) is 0 Å². The van der Waals surface area contributed by atoms with Gasteiger partial charge in [0.2, 0.25) is 0 Å². The minimum absolute atomic E-state index is 0.0521. The highest BCUT2D eigenvalue weighted by molar-refractivity contribution is 5.94. The molecule has 4 nitrogen and oxygen atoms in total. The van der Waals surface area contributed by atoms with Crippen LogP contribution in [-0.4, -0.2) is 36.6 Å². The summed E-state index contributed by atoms with van der Waals surface area (Å²) in [5.74, 6) is 0.838. The molecule has 0 spiro atoms. The zero-order chi connectivity index (χ0) is 11.7. The van der Waals surface area contributed by atoms with Gasteiger partial charge in [0.15, 0.2) is 0 Å². The van der Waals surface area contributed by atoms with Crippen LogP contribution in [0.4, 0.5) is 0 Å². The van der Waals surface area contributed by atoms with E-state index in [9.17, 15) is 4.79 Å². The molecule has 1 aromatic heterocycles. The lowest BCUT2D eigenvalue weighted by atomic mass is 10.3. The third-order valence-corrected chi connectivity index (χ3v) is 3.46. The van der Waals surface area contributed by atoms with Crippen molar-refractivity contribution >= 4 is 5.91 Å². The Morgan fingerprint density at radius 1 is 1.47 bits per heavy atom. The second-order valence-corrected chi connectivity index (χ2v) is 4.95. The third kappa shape index (κ3) is 2.52. The molecule has 92 valence electrons. The van der Waals surface area contributed by atoms with E-state index in [1.165, 1.54) is 25.4 Å². The molecule has 2 heterocycles. The number of rotatable bonds is 4. The van der Waals surface area contributed by atoms with Gasteiger partial charge in [-0.2, -0.15) is 0 Å². The van der Waals surface area contributed by atoms with Crippen LogP contribution in [0.15, 0.2) is 23.0 Å². The van der Waals surface area contributed by atoms with Crippen LogP contribution in [0.5, 0.6) is 0 Å². The molecule has 0 radical (unpaired) electrons. The van der Waals surface area contributed by atoms with Gasteiger partial charge in [-0.3, -0.25) is 4.79 Å². The predicted molar refractivity (Wildman–Crippen MR) is 61.7 cm³/mol. The first-order valence-corrected chi connectivity index (χ1v) is 6.26. The van der Waals surface area contributed by atoms with Crippen molar-refractivity contribution in [1.82, 2.24) is 4.90 Å². The molecule has 0 N–H and O–H groups in total. The Morgan fingerprint density at radius 3 is 3.06 bits per heavy atom. The van der Waals surface area contributed by atoms with Gasteiger partial charge in [0.1, 0.15) is 6.26 Å². The first-order valence-electron chi connectivity index (χ1n) is 6.26. The predicted octanol–water partition coefficient (Wildman–Crippen LogP) is 1.92. The standard InChI is InChI=1S/C13H17NO3/c15-13(11-4-6-16-9-11)14-5-3-12(7-14)17-8-10-1-2-10/h4,6,9-10,12H,1-3,5,7-8H2. The van der Waals surface area contributed by atoms with Gasteiger partial charge in [-0.25, -0.2) is 0 Å². The van der Waals surface area contributed by atoms with Crippen molar-refractivity contribution in [3.63, 3.8) is 0 Å². The summed E-state index contributed by atoms with van der Waals surface area (Å²) in [6.07, 6.45) is 6.84. The third-order valence-electron chi connectivity index (χ3n) is 3.46. The highest BCUT2D eigenvalue weighted by Gasteiger charge is 2.30. The fourth-order valence-corrected chi connectivity index (χ4v) is 2.17. The zero-order valence-corrected chi connectivity index (χ0v) is 9.80. The Balaban J connectivity index is 1.50. The summed E-state index contributed by atoms with van der Waals surface area (Å²) in [4.78, 5) is 13.9. The van der Waals surface area contributed by atoms with Crippen molar-refractivity contribution in [1.29, 1.82) is 0 Å². The molecule has 1 saturated heterocycles. The van der Waals surface area contributed by atoms with Crippen molar-refractivity contribution in [2.45, 2.75) is 25.4 Å². The lowest BCUT2D eigenvalue weighted by molar-refractivity contribution is 0.0480. The molecule has 2 fully saturated rings. The molecule has 1 amide bonds.